The van der Waals surface area contributed by atoms with Crippen LogP contribution < -0.4 is 5.32 Å². The monoisotopic (exact) mass is 411 g/mol. The van der Waals surface area contributed by atoms with E-state index in [1.807, 2.05) is 18.2 Å². The zero-order valence-corrected chi connectivity index (χ0v) is 16.2. The minimum atomic E-state index is -0.618. The van der Waals surface area contributed by atoms with Gasteiger partial charge in [-0.05, 0) is 35.9 Å². The zero-order chi connectivity index (χ0) is 20.8. The van der Waals surface area contributed by atoms with Crippen LogP contribution in [0.2, 0.25) is 5.02 Å². The molecule has 0 unspecified atom stereocenters. The van der Waals surface area contributed by atoms with E-state index in [0.29, 0.717) is 22.8 Å². The Morgan fingerprint density at radius 2 is 1.93 bits per heavy atom. The summed E-state index contributed by atoms with van der Waals surface area (Å²) in [5, 5.41) is 11.9. The third-order valence-corrected chi connectivity index (χ3v) is 4.88. The average Bonchev–Trinajstić information content (AvgIpc) is 3.09. The number of benzene rings is 2. The molecule has 1 aliphatic rings. The average molecular weight is 412 g/mol. The number of ether oxygens (including phenoxy) is 1. The molecule has 1 saturated heterocycles. The number of anilines is 1. The third-order valence-electron chi connectivity index (χ3n) is 4.51. The Hall–Kier alpha value is -3.37. The maximum absolute atomic E-state index is 12.3. The number of rotatable bonds is 6. The van der Waals surface area contributed by atoms with E-state index in [4.69, 9.17) is 21.6 Å². The number of nitrogens with one attached hydrogen (secondary N) is 1. The second kappa shape index (κ2) is 9.22. The molecule has 0 spiro atoms. The molecule has 8 heteroatoms. The van der Waals surface area contributed by atoms with Crippen molar-refractivity contribution in [1.82, 2.24) is 4.90 Å². The fourth-order valence-electron chi connectivity index (χ4n) is 2.99. The quantitative estimate of drug-likeness (QED) is 0.737. The van der Waals surface area contributed by atoms with Crippen molar-refractivity contribution in [3.05, 3.63) is 64.7 Å². The van der Waals surface area contributed by atoms with Gasteiger partial charge < -0.3 is 15.0 Å². The molecule has 1 aliphatic heterocycles. The number of carbonyl (C=O) groups excluding carboxylic acids is 3. The molecule has 0 aromatic heterocycles. The first kappa shape index (κ1) is 20.4. The number of hydrogen-bond donors (Lipinski definition) is 1. The molecule has 7 nitrogen and oxygen atoms in total. The van der Waals surface area contributed by atoms with Crippen LogP contribution in [0.25, 0.3) is 0 Å². The lowest BCUT2D eigenvalue weighted by atomic mass is 10.1. The van der Waals surface area contributed by atoms with Gasteiger partial charge in [0.05, 0.1) is 17.6 Å². The third kappa shape index (κ3) is 5.33. The number of carbonyl (C=O) groups is 3. The SMILES string of the molecule is N#Cc1ccc(NC(=O)COC(=O)[C@H]2CC(=O)N(Cc3ccccc3Cl)C2)cc1. The number of hydrogen-bond acceptors (Lipinski definition) is 5. The van der Waals surface area contributed by atoms with Gasteiger partial charge in [-0.3, -0.25) is 14.4 Å². The van der Waals surface area contributed by atoms with E-state index < -0.39 is 24.4 Å². The summed E-state index contributed by atoms with van der Waals surface area (Å²) in [5.74, 6) is -1.86. The van der Waals surface area contributed by atoms with Gasteiger partial charge in [0.1, 0.15) is 0 Å². The van der Waals surface area contributed by atoms with E-state index in [9.17, 15) is 14.4 Å². The maximum Gasteiger partial charge on any atom is 0.311 e. The molecule has 1 N–H and O–H groups in total. The number of amides is 2. The van der Waals surface area contributed by atoms with E-state index >= 15 is 0 Å². The Balaban J connectivity index is 1.48. The maximum atomic E-state index is 12.3. The summed E-state index contributed by atoms with van der Waals surface area (Å²) < 4.78 is 5.07. The lowest BCUT2D eigenvalue weighted by Gasteiger charge is -2.17. The van der Waals surface area contributed by atoms with Crippen molar-refractivity contribution in [3.8, 4) is 6.07 Å². The van der Waals surface area contributed by atoms with Crippen LogP contribution in [-0.4, -0.2) is 35.8 Å². The predicted molar refractivity (Wildman–Crippen MR) is 106 cm³/mol. The predicted octanol–water partition coefficient (Wildman–Crippen LogP) is 2.74. The molecule has 0 saturated carbocycles. The molecular formula is C21H18ClN3O4. The van der Waals surface area contributed by atoms with Crippen molar-refractivity contribution in [2.75, 3.05) is 18.5 Å². The number of halogens is 1. The van der Waals surface area contributed by atoms with E-state index in [2.05, 4.69) is 5.32 Å². The van der Waals surface area contributed by atoms with Gasteiger partial charge in [0.15, 0.2) is 6.61 Å². The highest BCUT2D eigenvalue weighted by Gasteiger charge is 2.35. The Morgan fingerprint density at radius 3 is 2.62 bits per heavy atom. The first-order valence-corrected chi connectivity index (χ1v) is 9.32. The Bertz CT molecular complexity index is 969. The molecule has 29 heavy (non-hydrogen) atoms. The van der Waals surface area contributed by atoms with Crippen LogP contribution in [0.5, 0.6) is 0 Å². The molecule has 2 aromatic rings. The number of nitrogens with zero attached hydrogens (tertiary/aromatic N) is 2. The van der Waals surface area contributed by atoms with E-state index in [-0.39, 0.29) is 18.9 Å². The Labute approximate surface area is 172 Å². The highest BCUT2D eigenvalue weighted by Crippen LogP contribution is 2.24. The molecule has 148 valence electrons. The zero-order valence-electron chi connectivity index (χ0n) is 15.4. The molecule has 0 aliphatic carbocycles. The van der Waals surface area contributed by atoms with Crippen molar-refractivity contribution in [1.29, 1.82) is 5.26 Å². The van der Waals surface area contributed by atoms with Gasteiger partial charge in [0.2, 0.25) is 5.91 Å². The van der Waals surface area contributed by atoms with Crippen LogP contribution in [0.1, 0.15) is 17.5 Å². The standard InChI is InChI=1S/C21H18ClN3O4/c22-18-4-2-1-3-15(18)11-25-12-16(9-20(25)27)21(28)29-13-19(26)24-17-7-5-14(10-23)6-8-17/h1-8,16H,9,11-13H2,(H,24,26)/t16-/m0/s1. The van der Waals surface area contributed by atoms with Crippen LogP contribution in [0, 0.1) is 17.2 Å². The van der Waals surface area contributed by atoms with Crippen molar-refractivity contribution in [2.24, 2.45) is 5.92 Å². The topological polar surface area (TPSA) is 99.5 Å². The lowest BCUT2D eigenvalue weighted by Crippen LogP contribution is -2.28. The first-order chi connectivity index (χ1) is 14.0. The largest absolute Gasteiger partial charge is 0.455 e. The van der Waals surface area contributed by atoms with Gasteiger partial charge in [-0.25, -0.2) is 0 Å². The van der Waals surface area contributed by atoms with Gasteiger partial charge in [0.25, 0.3) is 5.91 Å². The van der Waals surface area contributed by atoms with E-state index in [1.165, 1.54) is 0 Å². The summed E-state index contributed by atoms with van der Waals surface area (Å²) in [6.07, 6.45) is 0.0422. The summed E-state index contributed by atoms with van der Waals surface area (Å²) in [7, 11) is 0. The van der Waals surface area contributed by atoms with Crippen molar-refractivity contribution in [3.63, 3.8) is 0 Å². The van der Waals surface area contributed by atoms with Crippen molar-refractivity contribution < 1.29 is 19.1 Å². The lowest BCUT2D eigenvalue weighted by molar-refractivity contribution is -0.151. The minimum Gasteiger partial charge on any atom is -0.455 e. The summed E-state index contributed by atoms with van der Waals surface area (Å²) in [6.45, 7) is 0.0929. The Kier molecular flexibility index (Phi) is 6.47. The summed E-state index contributed by atoms with van der Waals surface area (Å²) in [4.78, 5) is 38.0. The van der Waals surface area contributed by atoms with Gasteiger partial charge in [0, 0.05) is 30.2 Å². The highest BCUT2D eigenvalue weighted by atomic mass is 35.5. The fraction of sp³-hybridized carbons (Fsp3) is 0.238. The van der Waals surface area contributed by atoms with Crippen LogP contribution in [0.15, 0.2) is 48.5 Å². The van der Waals surface area contributed by atoms with Gasteiger partial charge in [-0.15, -0.1) is 0 Å². The smallest absolute Gasteiger partial charge is 0.311 e. The van der Waals surface area contributed by atoms with E-state index in [0.717, 1.165) is 5.56 Å². The molecule has 2 aromatic carbocycles. The summed E-state index contributed by atoms with van der Waals surface area (Å²) in [5.41, 5.74) is 1.77. The molecule has 2 amide bonds. The van der Waals surface area contributed by atoms with Gasteiger partial charge in [-0.2, -0.15) is 5.26 Å². The summed E-state index contributed by atoms with van der Waals surface area (Å²) in [6, 6.07) is 15.5. The number of likely N-dealkylation sites (tertiary alicyclic amines) is 1. The van der Waals surface area contributed by atoms with Gasteiger partial charge in [-0.1, -0.05) is 29.8 Å². The molecule has 1 heterocycles. The summed E-state index contributed by atoms with van der Waals surface area (Å²) >= 11 is 6.13. The molecule has 3 rings (SSSR count). The van der Waals surface area contributed by atoms with Gasteiger partial charge >= 0.3 is 5.97 Å². The Morgan fingerprint density at radius 1 is 1.21 bits per heavy atom. The molecule has 0 bridgehead atoms. The number of nitriles is 1. The van der Waals surface area contributed by atoms with Crippen LogP contribution in [-0.2, 0) is 25.7 Å². The molecular weight excluding hydrogens is 394 g/mol. The molecule has 1 fully saturated rings. The molecule has 0 radical (unpaired) electrons. The second-order valence-electron chi connectivity index (χ2n) is 6.61. The van der Waals surface area contributed by atoms with E-state index in [1.54, 1.807) is 41.3 Å². The normalized spacial score (nSPS) is 15.7. The second-order valence-corrected chi connectivity index (χ2v) is 7.02. The van der Waals surface area contributed by atoms with Crippen LogP contribution in [0.3, 0.4) is 0 Å². The van der Waals surface area contributed by atoms with Crippen molar-refractivity contribution >= 4 is 35.1 Å². The first-order valence-electron chi connectivity index (χ1n) is 8.94. The highest BCUT2D eigenvalue weighted by molar-refractivity contribution is 6.31. The van der Waals surface area contributed by atoms with Crippen molar-refractivity contribution in [2.45, 2.75) is 13.0 Å². The van der Waals surface area contributed by atoms with Crippen LogP contribution >= 0.6 is 11.6 Å². The minimum absolute atomic E-state index is 0.0422. The molecule has 1 atom stereocenters. The number of esters is 1. The van der Waals surface area contributed by atoms with Crippen LogP contribution in [0.4, 0.5) is 5.69 Å². The fourth-order valence-corrected chi connectivity index (χ4v) is 3.19.